The van der Waals surface area contributed by atoms with Gasteiger partial charge < -0.3 is 4.74 Å². The second-order valence-corrected chi connectivity index (χ2v) is 5.27. The van der Waals surface area contributed by atoms with E-state index in [0.717, 1.165) is 5.56 Å². The number of allylic oxidation sites excluding steroid dienone is 3. The topological polar surface area (TPSA) is 9.23 Å². The molecule has 0 heterocycles. The monoisotopic (exact) mass is 288 g/mol. The van der Waals surface area contributed by atoms with Gasteiger partial charge in [-0.05, 0) is 36.8 Å². The number of halogens is 3. The zero-order valence-electron chi connectivity index (χ0n) is 9.16. The molecule has 2 atom stereocenters. The molecule has 0 radical (unpaired) electrons. The SMILES string of the molecule is Cc1ccc(OC2=CC(Cl)C(Cl)C=C2)c(Cl)c1. The summed E-state index contributed by atoms with van der Waals surface area (Å²) in [6.45, 7) is 1.97. The summed E-state index contributed by atoms with van der Waals surface area (Å²) < 4.78 is 5.66. The molecule has 4 heteroatoms. The number of hydrogen-bond donors (Lipinski definition) is 0. The molecule has 0 bridgehead atoms. The molecule has 0 amide bonds. The normalized spacial score (nSPS) is 23.4. The van der Waals surface area contributed by atoms with Gasteiger partial charge in [0.15, 0.2) is 0 Å². The highest BCUT2D eigenvalue weighted by Gasteiger charge is 2.17. The van der Waals surface area contributed by atoms with Crippen molar-refractivity contribution in [1.82, 2.24) is 0 Å². The third kappa shape index (κ3) is 3.19. The molecule has 17 heavy (non-hydrogen) atoms. The second-order valence-electron chi connectivity index (χ2n) is 3.85. The fourth-order valence-corrected chi connectivity index (χ4v) is 2.11. The molecule has 1 nitrogen and oxygen atoms in total. The van der Waals surface area contributed by atoms with Crippen molar-refractivity contribution in [1.29, 1.82) is 0 Å². The summed E-state index contributed by atoms with van der Waals surface area (Å²) in [5, 5.41) is 0.122. The fraction of sp³-hybridized carbons (Fsp3) is 0.231. The average molecular weight is 290 g/mol. The minimum absolute atomic E-state index is 0.197. The molecular formula is C13H11Cl3O. The van der Waals surface area contributed by atoms with Gasteiger partial charge in [-0.2, -0.15) is 0 Å². The van der Waals surface area contributed by atoms with Crippen LogP contribution in [0.2, 0.25) is 5.02 Å². The van der Waals surface area contributed by atoms with Gasteiger partial charge in [0.2, 0.25) is 0 Å². The van der Waals surface area contributed by atoms with Gasteiger partial charge in [-0.15, -0.1) is 23.2 Å². The summed E-state index contributed by atoms with van der Waals surface area (Å²) in [5.41, 5.74) is 1.09. The van der Waals surface area contributed by atoms with Gasteiger partial charge in [-0.3, -0.25) is 0 Å². The molecule has 0 saturated heterocycles. The lowest BCUT2D eigenvalue weighted by atomic mass is 10.1. The molecular weight excluding hydrogens is 279 g/mol. The van der Waals surface area contributed by atoms with Crippen molar-refractivity contribution in [3.63, 3.8) is 0 Å². The lowest BCUT2D eigenvalue weighted by molar-refractivity contribution is 0.439. The van der Waals surface area contributed by atoms with E-state index in [9.17, 15) is 0 Å². The Morgan fingerprint density at radius 2 is 1.94 bits per heavy atom. The molecule has 1 aliphatic rings. The number of rotatable bonds is 2. The Kier molecular flexibility index (Phi) is 4.03. The molecule has 0 aromatic heterocycles. The largest absolute Gasteiger partial charge is 0.456 e. The Hall–Kier alpha value is -0.630. The molecule has 2 rings (SSSR count). The van der Waals surface area contributed by atoms with E-state index in [0.29, 0.717) is 16.5 Å². The highest BCUT2D eigenvalue weighted by Crippen LogP contribution is 2.29. The zero-order chi connectivity index (χ0) is 12.4. The number of ether oxygens (including phenoxy) is 1. The summed E-state index contributed by atoms with van der Waals surface area (Å²) in [4.78, 5) is 0. The number of hydrogen-bond acceptors (Lipinski definition) is 1. The van der Waals surface area contributed by atoms with Crippen LogP contribution in [-0.4, -0.2) is 10.8 Å². The van der Waals surface area contributed by atoms with Gasteiger partial charge >= 0.3 is 0 Å². The molecule has 2 unspecified atom stereocenters. The summed E-state index contributed by atoms with van der Waals surface area (Å²) in [5.74, 6) is 1.28. The van der Waals surface area contributed by atoms with E-state index >= 15 is 0 Å². The van der Waals surface area contributed by atoms with E-state index in [2.05, 4.69) is 0 Å². The smallest absolute Gasteiger partial charge is 0.146 e. The van der Waals surface area contributed by atoms with Crippen molar-refractivity contribution in [3.05, 3.63) is 52.8 Å². The van der Waals surface area contributed by atoms with Crippen molar-refractivity contribution >= 4 is 34.8 Å². The average Bonchev–Trinajstić information content (AvgIpc) is 2.27. The van der Waals surface area contributed by atoms with Gasteiger partial charge in [0.1, 0.15) is 11.5 Å². The first-order chi connectivity index (χ1) is 8.06. The Labute approximate surface area is 116 Å². The Morgan fingerprint density at radius 3 is 2.59 bits per heavy atom. The Bertz CT molecular complexity index is 480. The van der Waals surface area contributed by atoms with E-state index in [-0.39, 0.29) is 10.8 Å². The van der Waals surface area contributed by atoms with Gasteiger partial charge in [0, 0.05) is 0 Å². The van der Waals surface area contributed by atoms with Crippen molar-refractivity contribution in [2.75, 3.05) is 0 Å². The molecule has 1 aromatic rings. The minimum atomic E-state index is -0.263. The highest BCUT2D eigenvalue weighted by molar-refractivity contribution is 6.32. The Balaban J connectivity index is 2.17. The second kappa shape index (κ2) is 5.34. The quantitative estimate of drug-likeness (QED) is 0.717. The first-order valence-electron chi connectivity index (χ1n) is 5.18. The van der Waals surface area contributed by atoms with Crippen molar-refractivity contribution in [2.24, 2.45) is 0 Å². The van der Waals surface area contributed by atoms with Crippen LogP contribution in [0.5, 0.6) is 5.75 Å². The van der Waals surface area contributed by atoms with E-state index in [1.54, 1.807) is 18.2 Å². The molecule has 0 N–H and O–H groups in total. The molecule has 1 aromatic carbocycles. The maximum absolute atomic E-state index is 6.08. The standard InChI is InChI=1S/C13H11Cl3O/c1-8-2-5-13(12(16)6-8)17-9-3-4-10(14)11(15)7-9/h2-7,10-11H,1H3. The highest BCUT2D eigenvalue weighted by atomic mass is 35.5. The first-order valence-corrected chi connectivity index (χ1v) is 6.43. The van der Waals surface area contributed by atoms with Crippen LogP contribution in [0.3, 0.4) is 0 Å². The van der Waals surface area contributed by atoms with Crippen LogP contribution in [0, 0.1) is 6.92 Å². The predicted molar refractivity (Wildman–Crippen MR) is 73.3 cm³/mol. The van der Waals surface area contributed by atoms with E-state index in [4.69, 9.17) is 39.5 Å². The maximum Gasteiger partial charge on any atom is 0.146 e. The van der Waals surface area contributed by atoms with Crippen LogP contribution in [0.4, 0.5) is 0 Å². The first kappa shape index (κ1) is 12.8. The number of aryl methyl sites for hydroxylation is 1. The van der Waals surface area contributed by atoms with E-state index in [1.807, 2.05) is 25.1 Å². The summed E-state index contributed by atoms with van der Waals surface area (Å²) in [7, 11) is 0. The predicted octanol–water partition coefficient (Wildman–Crippen LogP) is 4.70. The third-order valence-corrected chi connectivity index (χ3v) is 3.63. The molecule has 0 spiro atoms. The summed E-state index contributed by atoms with van der Waals surface area (Å²) >= 11 is 18.0. The fourth-order valence-electron chi connectivity index (χ4n) is 1.48. The number of alkyl halides is 2. The van der Waals surface area contributed by atoms with Crippen LogP contribution in [0.15, 0.2) is 42.2 Å². The lowest BCUT2D eigenvalue weighted by Crippen LogP contribution is -2.15. The van der Waals surface area contributed by atoms with Crippen LogP contribution in [-0.2, 0) is 0 Å². The minimum Gasteiger partial charge on any atom is -0.456 e. The molecule has 0 aliphatic heterocycles. The van der Waals surface area contributed by atoms with Crippen molar-refractivity contribution < 1.29 is 4.74 Å². The molecule has 90 valence electrons. The molecule has 0 saturated carbocycles. The molecule has 1 aliphatic carbocycles. The van der Waals surface area contributed by atoms with E-state index in [1.165, 1.54) is 0 Å². The van der Waals surface area contributed by atoms with Gasteiger partial charge in [0.25, 0.3) is 0 Å². The van der Waals surface area contributed by atoms with Crippen LogP contribution >= 0.6 is 34.8 Å². The van der Waals surface area contributed by atoms with Gasteiger partial charge in [0.05, 0.1) is 15.8 Å². The van der Waals surface area contributed by atoms with E-state index < -0.39 is 0 Å². The lowest BCUT2D eigenvalue weighted by Gasteiger charge is -2.16. The third-order valence-electron chi connectivity index (χ3n) is 2.39. The molecule has 0 fully saturated rings. The summed E-state index contributed by atoms with van der Waals surface area (Å²) in [6, 6.07) is 5.63. The van der Waals surface area contributed by atoms with Gasteiger partial charge in [-0.1, -0.05) is 23.7 Å². The van der Waals surface area contributed by atoms with Crippen LogP contribution in [0.25, 0.3) is 0 Å². The Morgan fingerprint density at radius 1 is 1.18 bits per heavy atom. The summed E-state index contributed by atoms with van der Waals surface area (Å²) in [6.07, 6.45) is 5.37. The van der Waals surface area contributed by atoms with Gasteiger partial charge in [-0.25, -0.2) is 0 Å². The number of benzene rings is 1. The van der Waals surface area contributed by atoms with Crippen molar-refractivity contribution in [2.45, 2.75) is 17.7 Å². The maximum atomic E-state index is 6.08. The van der Waals surface area contributed by atoms with Crippen molar-refractivity contribution in [3.8, 4) is 5.75 Å². The van der Waals surface area contributed by atoms with Crippen LogP contribution in [0.1, 0.15) is 5.56 Å². The van der Waals surface area contributed by atoms with Crippen LogP contribution < -0.4 is 4.74 Å². The zero-order valence-corrected chi connectivity index (χ0v) is 11.4.